The molecular formula is C22H34N4O2. The van der Waals surface area contributed by atoms with Crippen LogP contribution in [0, 0.1) is 0 Å². The van der Waals surface area contributed by atoms with Crippen LogP contribution in [0.5, 0.6) is 5.75 Å². The quantitative estimate of drug-likeness (QED) is 0.622. The molecule has 0 aliphatic carbocycles. The zero-order chi connectivity index (χ0) is 19.2. The maximum Gasteiger partial charge on any atom is 0.194 e. The van der Waals surface area contributed by atoms with Gasteiger partial charge in [-0.15, -0.1) is 0 Å². The van der Waals surface area contributed by atoms with Crippen molar-refractivity contribution >= 4 is 5.96 Å². The highest BCUT2D eigenvalue weighted by Gasteiger charge is 2.32. The van der Waals surface area contributed by atoms with Gasteiger partial charge in [-0.05, 0) is 38.4 Å². The Kier molecular flexibility index (Phi) is 6.70. The van der Waals surface area contributed by atoms with Crippen LogP contribution in [0.2, 0.25) is 0 Å². The van der Waals surface area contributed by atoms with E-state index in [1.807, 2.05) is 30.3 Å². The van der Waals surface area contributed by atoms with E-state index in [2.05, 4.69) is 22.0 Å². The molecule has 3 aliphatic rings. The zero-order valence-electron chi connectivity index (χ0n) is 17.1. The van der Waals surface area contributed by atoms with Gasteiger partial charge in [0.05, 0.1) is 19.3 Å². The summed E-state index contributed by atoms with van der Waals surface area (Å²) in [5.74, 6) is 1.99. The Morgan fingerprint density at radius 3 is 2.79 bits per heavy atom. The number of nitrogens with one attached hydrogen (secondary N) is 1. The summed E-state index contributed by atoms with van der Waals surface area (Å²) >= 11 is 0. The summed E-state index contributed by atoms with van der Waals surface area (Å²) in [7, 11) is 0. The Bertz CT molecular complexity index is 631. The lowest BCUT2D eigenvalue weighted by Crippen LogP contribution is -2.49. The molecule has 154 valence electrons. The molecular weight excluding hydrogens is 352 g/mol. The Hall–Kier alpha value is -1.79. The fourth-order valence-electron chi connectivity index (χ4n) is 4.49. The van der Waals surface area contributed by atoms with Gasteiger partial charge in [0.25, 0.3) is 0 Å². The van der Waals surface area contributed by atoms with Crippen molar-refractivity contribution in [3.63, 3.8) is 0 Å². The topological polar surface area (TPSA) is 49.3 Å². The first kappa shape index (κ1) is 19.5. The van der Waals surface area contributed by atoms with Crippen LogP contribution in [0.3, 0.4) is 0 Å². The molecule has 0 aromatic heterocycles. The average molecular weight is 387 g/mol. The SMILES string of the molecule is CCNC(=NCC1CN2CCCC2CO1)N1CCC(Oc2ccccc2)CC1. The molecule has 3 heterocycles. The van der Waals surface area contributed by atoms with Gasteiger partial charge in [-0.2, -0.15) is 0 Å². The molecule has 0 radical (unpaired) electrons. The molecule has 1 aromatic rings. The van der Waals surface area contributed by atoms with Gasteiger partial charge in [0.2, 0.25) is 0 Å². The first-order valence-corrected chi connectivity index (χ1v) is 10.9. The molecule has 1 aromatic carbocycles. The minimum Gasteiger partial charge on any atom is -0.490 e. The first-order valence-electron chi connectivity index (χ1n) is 10.9. The molecule has 2 unspecified atom stereocenters. The Labute approximate surface area is 168 Å². The molecule has 28 heavy (non-hydrogen) atoms. The predicted molar refractivity (Wildman–Crippen MR) is 112 cm³/mol. The second-order valence-corrected chi connectivity index (χ2v) is 8.06. The molecule has 4 rings (SSSR count). The van der Waals surface area contributed by atoms with E-state index in [4.69, 9.17) is 14.5 Å². The fourth-order valence-corrected chi connectivity index (χ4v) is 4.49. The third-order valence-electron chi connectivity index (χ3n) is 6.03. The molecule has 6 nitrogen and oxygen atoms in total. The minimum atomic E-state index is 0.224. The van der Waals surface area contributed by atoms with Crippen molar-refractivity contribution in [2.75, 3.05) is 45.9 Å². The summed E-state index contributed by atoms with van der Waals surface area (Å²) in [5, 5.41) is 3.47. The largest absolute Gasteiger partial charge is 0.490 e. The molecule has 0 bridgehead atoms. The number of guanidine groups is 1. The Morgan fingerprint density at radius 1 is 1.18 bits per heavy atom. The summed E-state index contributed by atoms with van der Waals surface area (Å²) in [6.07, 6.45) is 5.16. The van der Waals surface area contributed by atoms with Crippen LogP contribution in [-0.4, -0.2) is 79.9 Å². The lowest BCUT2D eigenvalue weighted by atomic mass is 10.1. The maximum atomic E-state index is 6.13. The Morgan fingerprint density at radius 2 is 2.00 bits per heavy atom. The number of morpholine rings is 1. The summed E-state index contributed by atoms with van der Waals surface area (Å²) in [5.41, 5.74) is 0. The van der Waals surface area contributed by atoms with Crippen LogP contribution in [0.4, 0.5) is 0 Å². The highest BCUT2D eigenvalue weighted by Crippen LogP contribution is 2.23. The molecule has 0 spiro atoms. The van der Waals surface area contributed by atoms with Gasteiger partial charge in [-0.3, -0.25) is 9.89 Å². The van der Waals surface area contributed by atoms with E-state index in [0.717, 1.165) is 63.9 Å². The average Bonchev–Trinajstić information content (AvgIpc) is 3.20. The smallest absolute Gasteiger partial charge is 0.194 e. The molecule has 0 saturated carbocycles. The predicted octanol–water partition coefficient (Wildman–Crippen LogP) is 2.36. The minimum absolute atomic E-state index is 0.224. The van der Waals surface area contributed by atoms with Crippen molar-refractivity contribution in [1.82, 2.24) is 15.1 Å². The second kappa shape index (κ2) is 9.61. The molecule has 3 fully saturated rings. The normalized spacial score (nSPS) is 26.9. The van der Waals surface area contributed by atoms with Crippen molar-refractivity contribution in [3.05, 3.63) is 30.3 Å². The molecule has 3 aliphatic heterocycles. The standard InChI is InChI=1S/C22H34N4O2/c1-2-23-22(24-15-21-16-26-12-6-7-18(26)17-27-21)25-13-10-20(11-14-25)28-19-8-4-3-5-9-19/h3-5,8-9,18,20-21H,2,6-7,10-17H2,1H3,(H,23,24). The van der Waals surface area contributed by atoms with E-state index in [9.17, 15) is 0 Å². The fraction of sp³-hybridized carbons (Fsp3) is 0.682. The van der Waals surface area contributed by atoms with Gasteiger partial charge in [0, 0.05) is 45.1 Å². The number of likely N-dealkylation sites (tertiary alicyclic amines) is 1. The number of hydrogen-bond acceptors (Lipinski definition) is 4. The van der Waals surface area contributed by atoms with Crippen LogP contribution in [0.1, 0.15) is 32.6 Å². The molecule has 6 heteroatoms. The van der Waals surface area contributed by atoms with Crippen LogP contribution in [0.15, 0.2) is 35.3 Å². The van der Waals surface area contributed by atoms with E-state index in [0.29, 0.717) is 6.04 Å². The number of ether oxygens (including phenoxy) is 2. The molecule has 3 saturated heterocycles. The van der Waals surface area contributed by atoms with E-state index >= 15 is 0 Å². The highest BCUT2D eigenvalue weighted by molar-refractivity contribution is 5.80. The number of para-hydroxylation sites is 1. The van der Waals surface area contributed by atoms with Crippen LogP contribution >= 0.6 is 0 Å². The van der Waals surface area contributed by atoms with E-state index < -0.39 is 0 Å². The summed E-state index contributed by atoms with van der Waals surface area (Å²) < 4.78 is 12.2. The van der Waals surface area contributed by atoms with Crippen molar-refractivity contribution in [3.8, 4) is 5.75 Å². The van der Waals surface area contributed by atoms with E-state index in [1.165, 1.54) is 19.4 Å². The van der Waals surface area contributed by atoms with Crippen molar-refractivity contribution in [1.29, 1.82) is 0 Å². The lowest BCUT2D eigenvalue weighted by Gasteiger charge is -2.36. The van der Waals surface area contributed by atoms with Gasteiger partial charge >= 0.3 is 0 Å². The van der Waals surface area contributed by atoms with Gasteiger partial charge in [-0.1, -0.05) is 18.2 Å². The third kappa shape index (κ3) is 4.97. The van der Waals surface area contributed by atoms with E-state index in [-0.39, 0.29) is 12.2 Å². The van der Waals surface area contributed by atoms with Crippen LogP contribution in [-0.2, 0) is 4.74 Å². The van der Waals surface area contributed by atoms with E-state index in [1.54, 1.807) is 0 Å². The number of rotatable bonds is 5. The van der Waals surface area contributed by atoms with Gasteiger partial charge in [0.1, 0.15) is 11.9 Å². The molecule has 0 amide bonds. The number of nitrogens with zero attached hydrogens (tertiary/aromatic N) is 3. The third-order valence-corrected chi connectivity index (χ3v) is 6.03. The number of piperidine rings is 1. The molecule has 1 N–H and O–H groups in total. The first-order chi connectivity index (χ1) is 13.8. The van der Waals surface area contributed by atoms with Gasteiger partial charge in [-0.25, -0.2) is 0 Å². The highest BCUT2D eigenvalue weighted by atomic mass is 16.5. The van der Waals surface area contributed by atoms with Crippen molar-refractivity contribution in [2.45, 2.75) is 50.9 Å². The summed E-state index contributed by atoms with van der Waals surface area (Å²) in [6.45, 7) is 8.84. The molecule has 2 atom stereocenters. The summed E-state index contributed by atoms with van der Waals surface area (Å²) in [6, 6.07) is 10.8. The van der Waals surface area contributed by atoms with Crippen LogP contribution in [0.25, 0.3) is 0 Å². The Balaban J connectivity index is 1.27. The zero-order valence-corrected chi connectivity index (χ0v) is 17.1. The summed E-state index contributed by atoms with van der Waals surface area (Å²) in [4.78, 5) is 9.88. The van der Waals surface area contributed by atoms with Gasteiger partial charge < -0.3 is 19.7 Å². The van der Waals surface area contributed by atoms with Gasteiger partial charge in [0.15, 0.2) is 5.96 Å². The number of fused-ring (bicyclic) bond motifs is 1. The lowest BCUT2D eigenvalue weighted by molar-refractivity contribution is -0.0433. The monoisotopic (exact) mass is 386 g/mol. The second-order valence-electron chi connectivity index (χ2n) is 8.06. The number of hydrogen-bond donors (Lipinski definition) is 1. The van der Waals surface area contributed by atoms with Crippen LogP contribution < -0.4 is 10.1 Å². The maximum absolute atomic E-state index is 6.13. The van der Waals surface area contributed by atoms with Crippen molar-refractivity contribution in [2.24, 2.45) is 4.99 Å². The number of aliphatic imine (C=N–C) groups is 1. The number of benzene rings is 1. The van der Waals surface area contributed by atoms with Crippen molar-refractivity contribution < 1.29 is 9.47 Å².